The molecule has 2 rings (SSSR count). The Morgan fingerprint density at radius 2 is 2.21 bits per heavy atom. The average Bonchev–Trinajstić information content (AvgIpc) is 2.81. The van der Waals surface area contributed by atoms with Crippen LogP contribution < -0.4 is 5.32 Å². The number of nitrogens with one attached hydrogen (secondary N) is 1. The number of hydrogen-bond donors (Lipinski definition) is 2. The second-order valence-electron chi connectivity index (χ2n) is 4.72. The standard InChI is InChI=1S/C14H18FN3O/c1-10(9-18-7-3-6-16-18)17-11(2)13-5-4-12(15)8-14(13)19/h3-8,10-11,17,19H,9H2,1-2H3. The fourth-order valence-electron chi connectivity index (χ4n) is 2.14. The topological polar surface area (TPSA) is 50.1 Å². The van der Waals surface area contributed by atoms with Crippen molar-refractivity contribution in [3.05, 3.63) is 48.0 Å². The molecule has 0 aliphatic carbocycles. The zero-order valence-electron chi connectivity index (χ0n) is 11.0. The van der Waals surface area contributed by atoms with Gasteiger partial charge in [-0.25, -0.2) is 4.39 Å². The van der Waals surface area contributed by atoms with Gasteiger partial charge in [-0.3, -0.25) is 4.68 Å². The lowest BCUT2D eigenvalue weighted by atomic mass is 10.1. The Morgan fingerprint density at radius 3 is 2.84 bits per heavy atom. The van der Waals surface area contributed by atoms with Crippen LogP contribution in [0.1, 0.15) is 25.5 Å². The molecule has 2 atom stereocenters. The first-order valence-electron chi connectivity index (χ1n) is 6.28. The van der Waals surface area contributed by atoms with E-state index in [-0.39, 0.29) is 17.8 Å². The molecule has 5 heteroatoms. The highest BCUT2D eigenvalue weighted by Gasteiger charge is 2.13. The van der Waals surface area contributed by atoms with E-state index in [2.05, 4.69) is 10.4 Å². The van der Waals surface area contributed by atoms with E-state index in [4.69, 9.17) is 0 Å². The van der Waals surface area contributed by atoms with E-state index in [1.165, 1.54) is 6.07 Å². The molecule has 2 aromatic rings. The lowest BCUT2D eigenvalue weighted by Crippen LogP contribution is -2.32. The van der Waals surface area contributed by atoms with Crippen LogP contribution >= 0.6 is 0 Å². The van der Waals surface area contributed by atoms with Crippen molar-refractivity contribution in [2.24, 2.45) is 0 Å². The van der Waals surface area contributed by atoms with Crippen molar-refractivity contribution in [3.63, 3.8) is 0 Å². The second-order valence-corrected chi connectivity index (χ2v) is 4.72. The van der Waals surface area contributed by atoms with Gasteiger partial charge < -0.3 is 10.4 Å². The molecule has 19 heavy (non-hydrogen) atoms. The Hall–Kier alpha value is -1.88. The van der Waals surface area contributed by atoms with Crippen molar-refractivity contribution in [1.82, 2.24) is 15.1 Å². The predicted octanol–water partition coefficient (Wildman–Crippen LogP) is 2.47. The van der Waals surface area contributed by atoms with E-state index in [1.807, 2.05) is 30.8 Å². The molecule has 2 N–H and O–H groups in total. The number of rotatable bonds is 5. The minimum absolute atomic E-state index is 0.0220. The van der Waals surface area contributed by atoms with Gasteiger partial charge in [-0.15, -0.1) is 0 Å². The first-order valence-corrected chi connectivity index (χ1v) is 6.28. The van der Waals surface area contributed by atoms with E-state index in [9.17, 15) is 9.50 Å². The van der Waals surface area contributed by atoms with Crippen LogP contribution in [0.2, 0.25) is 0 Å². The maximum atomic E-state index is 12.9. The molecule has 0 bridgehead atoms. The molecule has 1 heterocycles. The average molecular weight is 263 g/mol. The number of halogens is 1. The van der Waals surface area contributed by atoms with Gasteiger partial charge in [0.1, 0.15) is 11.6 Å². The van der Waals surface area contributed by atoms with Gasteiger partial charge in [0.25, 0.3) is 0 Å². The highest BCUT2D eigenvalue weighted by molar-refractivity contribution is 5.34. The monoisotopic (exact) mass is 263 g/mol. The first-order chi connectivity index (χ1) is 9.06. The minimum Gasteiger partial charge on any atom is -0.508 e. The summed E-state index contributed by atoms with van der Waals surface area (Å²) in [6.45, 7) is 4.71. The maximum absolute atomic E-state index is 12.9. The van der Waals surface area contributed by atoms with Gasteiger partial charge in [0.15, 0.2) is 0 Å². The van der Waals surface area contributed by atoms with Crippen LogP contribution in [0.25, 0.3) is 0 Å². The molecule has 102 valence electrons. The number of phenols is 1. The molecule has 2 unspecified atom stereocenters. The quantitative estimate of drug-likeness (QED) is 0.871. The largest absolute Gasteiger partial charge is 0.508 e. The lowest BCUT2D eigenvalue weighted by molar-refractivity contribution is 0.398. The Balaban J connectivity index is 1.98. The smallest absolute Gasteiger partial charge is 0.126 e. The van der Waals surface area contributed by atoms with Crippen molar-refractivity contribution in [1.29, 1.82) is 0 Å². The van der Waals surface area contributed by atoms with Crippen LogP contribution in [0.5, 0.6) is 5.75 Å². The van der Waals surface area contributed by atoms with E-state index >= 15 is 0 Å². The summed E-state index contributed by atoms with van der Waals surface area (Å²) in [6.07, 6.45) is 3.64. The van der Waals surface area contributed by atoms with Crippen LogP contribution in [0.4, 0.5) is 4.39 Å². The van der Waals surface area contributed by atoms with E-state index < -0.39 is 5.82 Å². The Labute approximate surface area is 111 Å². The summed E-state index contributed by atoms with van der Waals surface area (Å²) in [4.78, 5) is 0. The van der Waals surface area contributed by atoms with Gasteiger partial charge in [-0.1, -0.05) is 6.07 Å². The normalized spacial score (nSPS) is 14.3. The van der Waals surface area contributed by atoms with Crippen LogP contribution in [0.15, 0.2) is 36.7 Å². The molecular weight excluding hydrogens is 245 g/mol. The highest BCUT2D eigenvalue weighted by atomic mass is 19.1. The Bertz CT molecular complexity index is 527. The lowest BCUT2D eigenvalue weighted by Gasteiger charge is -2.21. The maximum Gasteiger partial charge on any atom is 0.126 e. The van der Waals surface area contributed by atoms with Gasteiger partial charge in [0, 0.05) is 36.1 Å². The number of hydrogen-bond acceptors (Lipinski definition) is 3. The fourth-order valence-corrected chi connectivity index (χ4v) is 2.14. The first kappa shape index (κ1) is 13.5. The van der Waals surface area contributed by atoms with Gasteiger partial charge in [-0.05, 0) is 26.0 Å². The molecule has 1 aromatic carbocycles. The molecule has 0 spiro atoms. The SMILES string of the molecule is CC(Cn1cccn1)NC(C)c1ccc(F)cc1O. The summed E-state index contributed by atoms with van der Waals surface area (Å²) in [6, 6.07) is 6.08. The number of benzene rings is 1. The van der Waals surface area contributed by atoms with Crippen LogP contribution in [-0.2, 0) is 6.54 Å². The van der Waals surface area contributed by atoms with E-state index in [1.54, 1.807) is 12.3 Å². The zero-order chi connectivity index (χ0) is 13.8. The van der Waals surface area contributed by atoms with Crippen LogP contribution in [0.3, 0.4) is 0 Å². The molecule has 0 amide bonds. The molecular formula is C14H18FN3O. The third kappa shape index (κ3) is 3.54. The third-order valence-corrected chi connectivity index (χ3v) is 3.01. The summed E-state index contributed by atoms with van der Waals surface area (Å²) in [5, 5.41) is 17.2. The van der Waals surface area contributed by atoms with Crippen molar-refractivity contribution in [2.75, 3.05) is 0 Å². The van der Waals surface area contributed by atoms with Gasteiger partial charge >= 0.3 is 0 Å². The fraction of sp³-hybridized carbons (Fsp3) is 0.357. The van der Waals surface area contributed by atoms with E-state index in [0.29, 0.717) is 5.56 Å². The number of phenolic OH excluding ortho intramolecular Hbond substituents is 1. The Morgan fingerprint density at radius 1 is 1.42 bits per heavy atom. The minimum atomic E-state index is -0.432. The van der Waals surface area contributed by atoms with Gasteiger partial charge in [-0.2, -0.15) is 5.10 Å². The number of aromatic hydroxyl groups is 1. The molecule has 0 aliphatic heterocycles. The molecule has 0 fully saturated rings. The van der Waals surface area contributed by atoms with Crippen molar-refractivity contribution >= 4 is 0 Å². The summed E-state index contributed by atoms with van der Waals surface area (Å²) in [5.74, 6) is -0.454. The van der Waals surface area contributed by atoms with Crippen molar-refractivity contribution in [3.8, 4) is 5.75 Å². The van der Waals surface area contributed by atoms with Crippen molar-refractivity contribution < 1.29 is 9.50 Å². The molecule has 1 aromatic heterocycles. The number of nitrogens with zero attached hydrogens (tertiary/aromatic N) is 2. The Kier molecular flexibility index (Phi) is 4.16. The molecule has 0 saturated carbocycles. The van der Waals surface area contributed by atoms with Crippen molar-refractivity contribution in [2.45, 2.75) is 32.5 Å². The summed E-state index contributed by atoms with van der Waals surface area (Å²) in [7, 11) is 0. The highest BCUT2D eigenvalue weighted by Crippen LogP contribution is 2.24. The molecule has 0 aliphatic rings. The van der Waals surface area contributed by atoms with Crippen LogP contribution in [0, 0.1) is 5.82 Å². The van der Waals surface area contributed by atoms with Gasteiger partial charge in [0.05, 0.1) is 6.54 Å². The summed E-state index contributed by atoms with van der Waals surface area (Å²) < 4.78 is 14.8. The van der Waals surface area contributed by atoms with Gasteiger partial charge in [0.2, 0.25) is 0 Å². The second kappa shape index (κ2) is 5.84. The molecule has 4 nitrogen and oxygen atoms in total. The predicted molar refractivity (Wildman–Crippen MR) is 71.3 cm³/mol. The summed E-state index contributed by atoms with van der Waals surface area (Å²) >= 11 is 0. The molecule has 0 radical (unpaired) electrons. The number of aromatic nitrogens is 2. The zero-order valence-corrected chi connectivity index (χ0v) is 11.0. The van der Waals surface area contributed by atoms with Crippen LogP contribution in [-0.4, -0.2) is 20.9 Å². The third-order valence-electron chi connectivity index (χ3n) is 3.01. The summed E-state index contributed by atoms with van der Waals surface area (Å²) in [5.41, 5.74) is 0.689. The van der Waals surface area contributed by atoms with E-state index in [0.717, 1.165) is 12.6 Å². The molecule has 0 saturated heterocycles.